The van der Waals surface area contributed by atoms with Crippen LogP contribution in [0.4, 0.5) is 0 Å². The summed E-state index contributed by atoms with van der Waals surface area (Å²) in [6.45, 7) is 4.89. The Morgan fingerprint density at radius 3 is 1.45 bits per heavy atom. The second-order valence-electron chi connectivity index (χ2n) is 7.46. The average Bonchev–Trinajstić information content (AvgIpc) is 2.71. The van der Waals surface area contributed by atoms with Gasteiger partial charge in [-0.3, -0.25) is 0 Å². The van der Waals surface area contributed by atoms with E-state index in [1.165, 1.54) is 0 Å². The maximum Gasteiger partial charge on any atom is 0.123 e. The van der Waals surface area contributed by atoms with Crippen LogP contribution in [0.3, 0.4) is 0 Å². The third-order valence-corrected chi connectivity index (χ3v) is 4.70. The van der Waals surface area contributed by atoms with Crippen molar-refractivity contribution in [1.29, 1.82) is 0 Å². The van der Waals surface area contributed by atoms with Crippen LogP contribution >= 0.6 is 0 Å². The first-order valence-electron chi connectivity index (χ1n) is 9.68. The molecule has 0 saturated heterocycles. The number of benzene rings is 2. The van der Waals surface area contributed by atoms with Crippen LogP contribution in [-0.2, 0) is 14.9 Å². The summed E-state index contributed by atoms with van der Waals surface area (Å²) >= 11 is 0. The van der Waals surface area contributed by atoms with Gasteiger partial charge in [-0.15, -0.1) is 0 Å². The molecule has 2 aromatic rings. The minimum absolute atomic E-state index is 0.141. The molecule has 2 atom stereocenters. The molecule has 6 nitrogen and oxygen atoms in total. The van der Waals surface area contributed by atoms with E-state index in [1.54, 1.807) is 14.2 Å². The largest absolute Gasteiger partial charge is 0.490 e. The number of methoxy groups -OCH3 is 2. The minimum atomic E-state index is -0.700. The Bertz CT molecular complexity index is 684. The molecule has 0 aromatic heterocycles. The summed E-state index contributed by atoms with van der Waals surface area (Å²) in [5.74, 6) is 1.39. The van der Waals surface area contributed by atoms with E-state index < -0.39 is 17.6 Å². The number of aliphatic hydroxyl groups is 2. The fourth-order valence-corrected chi connectivity index (χ4v) is 3.22. The zero-order chi connectivity index (χ0) is 21.3. The Balaban J connectivity index is 2.27. The van der Waals surface area contributed by atoms with Gasteiger partial charge in [-0.25, -0.2) is 0 Å². The summed E-state index contributed by atoms with van der Waals surface area (Å²) in [7, 11) is 3.08. The summed E-state index contributed by atoms with van der Waals surface area (Å²) in [5, 5.41) is 19.9. The molecule has 6 heteroatoms. The Morgan fingerprint density at radius 1 is 0.690 bits per heavy atom. The third-order valence-electron chi connectivity index (χ3n) is 4.70. The second-order valence-corrected chi connectivity index (χ2v) is 7.46. The van der Waals surface area contributed by atoms with Gasteiger partial charge in [-0.1, -0.05) is 50.2 Å². The lowest BCUT2D eigenvalue weighted by atomic mass is 9.77. The van der Waals surface area contributed by atoms with Crippen molar-refractivity contribution in [1.82, 2.24) is 0 Å². The SMILES string of the molecule is COCC(O)COc1ccccc1C(C)(C)c1ccccc1OCC(O)COC. The highest BCUT2D eigenvalue weighted by molar-refractivity contribution is 5.50. The fourth-order valence-electron chi connectivity index (χ4n) is 3.22. The predicted molar refractivity (Wildman–Crippen MR) is 112 cm³/mol. The second kappa shape index (κ2) is 11.2. The van der Waals surface area contributed by atoms with E-state index in [9.17, 15) is 10.2 Å². The van der Waals surface area contributed by atoms with Crippen LogP contribution in [0.5, 0.6) is 11.5 Å². The molecule has 0 aliphatic heterocycles. The molecule has 0 amide bonds. The number of para-hydroxylation sites is 2. The zero-order valence-corrected chi connectivity index (χ0v) is 17.6. The molecule has 0 aliphatic rings. The molecule has 0 aliphatic carbocycles. The zero-order valence-electron chi connectivity index (χ0n) is 17.6. The summed E-state index contributed by atoms with van der Waals surface area (Å²) in [4.78, 5) is 0. The monoisotopic (exact) mass is 404 g/mol. The maximum atomic E-state index is 9.93. The number of aliphatic hydroxyl groups excluding tert-OH is 2. The molecule has 2 rings (SSSR count). The van der Waals surface area contributed by atoms with E-state index in [2.05, 4.69) is 13.8 Å². The van der Waals surface area contributed by atoms with Gasteiger partial charge in [0.15, 0.2) is 0 Å². The van der Waals surface area contributed by atoms with Gasteiger partial charge in [0.25, 0.3) is 0 Å². The van der Waals surface area contributed by atoms with Crippen LogP contribution in [0.15, 0.2) is 48.5 Å². The van der Waals surface area contributed by atoms with Gasteiger partial charge in [-0.2, -0.15) is 0 Å². The lowest BCUT2D eigenvalue weighted by Gasteiger charge is -2.30. The van der Waals surface area contributed by atoms with E-state index in [0.717, 1.165) is 11.1 Å². The topological polar surface area (TPSA) is 77.4 Å². The van der Waals surface area contributed by atoms with Crippen molar-refractivity contribution in [3.63, 3.8) is 0 Å². The molecule has 2 aromatic carbocycles. The van der Waals surface area contributed by atoms with Crippen molar-refractivity contribution >= 4 is 0 Å². The predicted octanol–water partition coefficient (Wildman–Crippen LogP) is 2.78. The van der Waals surface area contributed by atoms with Crippen LogP contribution in [0.25, 0.3) is 0 Å². The highest BCUT2D eigenvalue weighted by atomic mass is 16.5. The summed E-state index contributed by atoms with van der Waals surface area (Å²) in [5.41, 5.74) is 1.50. The quantitative estimate of drug-likeness (QED) is 0.567. The smallest absolute Gasteiger partial charge is 0.123 e. The Hall–Kier alpha value is -2.12. The van der Waals surface area contributed by atoms with Crippen LogP contribution in [0.1, 0.15) is 25.0 Å². The maximum absolute atomic E-state index is 9.93. The first kappa shape index (κ1) is 23.2. The highest BCUT2D eigenvalue weighted by Gasteiger charge is 2.30. The van der Waals surface area contributed by atoms with Crippen molar-refractivity contribution in [3.8, 4) is 11.5 Å². The van der Waals surface area contributed by atoms with Crippen LogP contribution in [0, 0.1) is 0 Å². The van der Waals surface area contributed by atoms with E-state index in [1.807, 2.05) is 48.5 Å². The van der Waals surface area contributed by atoms with E-state index in [0.29, 0.717) is 11.5 Å². The minimum Gasteiger partial charge on any atom is -0.490 e. The highest BCUT2D eigenvalue weighted by Crippen LogP contribution is 2.41. The molecule has 0 bridgehead atoms. The first-order valence-corrected chi connectivity index (χ1v) is 9.68. The van der Waals surface area contributed by atoms with Crippen molar-refractivity contribution in [2.24, 2.45) is 0 Å². The first-order chi connectivity index (χ1) is 13.9. The molecule has 0 fully saturated rings. The molecular formula is C23H32O6. The Kier molecular flexibility index (Phi) is 8.92. The van der Waals surface area contributed by atoms with Crippen molar-refractivity contribution in [2.45, 2.75) is 31.5 Å². The summed E-state index contributed by atoms with van der Waals surface area (Å²) < 4.78 is 21.7. The van der Waals surface area contributed by atoms with Gasteiger partial charge in [-0.05, 0) is 12.1 Å². The molecular weight excluding hydrogens is 372 g/mol. The third kappa shape index (κ3) is 6.44. The van der Waals surface area contributed by atoms with Gasteiger partial charge >= 0.3 is 0 Å². The van der Waals surface area contributed by atoms with E-state index >= 15 is 0 Å². The standard InChI is InChI=1S/C23H32O6/c1-23(2,19-9-5-7-11-21(19)28-15-17(24)13-26-3)20-10-6-8-12-22(20)29-16-18(25)14-27-4/h5-12,17-18,24-25H,13-16H2,1-4H3. The number of ether oxygens (including phenoxy) is 4. The summed E-state index contributed by atoms with van der Waals surface area (Å²) in [6, 6.07) is 15.5. The lowest BCUT2D eigenvalue weighted by Crippen LogP contribution is -2.26. The lowest BCUT2D eigenvalue weighted by molar-refractivity contribution is 0.0316. The molecule has 160 valence electrons. The molecule has 2 N–H and O–H groups in total. The number of rotatable bonds is 12. The van der Waals surface area contributed by atoms with Crippen LogP contribution in [0.2, 0.25) is 0 Å². The van der Waals surface area contributed by atoms with Crippen molar-refractivity contribution < 1.29 is 29.2 Å². The van der Waals surface area contributed by atoms with Gasteiger partial charge in [0.2, 0.25) is 0 Å². The number of hydrogen-bond acceptors (Lipinski definition) is 6. The van der Waals surface area contributed by atoms with Crippen molar-refractivity contribution in [2.75, 3.05) is 40.6 Å². The van der Waals surface area contributed by atoms with Gasteiger partial charge in [0.1, 0.15) is 36.9 Å². The Morgan fingerprint density at radius 2 is 1.07 bits per heavy atom. The fraction of sp³-hybridized carbons (Fsp3) is 0.478. The van der Waals surface area contributed by atoms with Crippen molar-refractivity contribution in [3.05, 3.63) is 59.7 Å². The molecule has 0 spiro atoms. The van der Waals surface area contributed by atoms with E-state index in [-0.39, 0.29) is 26.4 Å². The average molecular weight is 405 g/mol. The Labute approximate surface area is 173 Å². The normalized spacial score (nSPS) is 13.7. The molecule has 0 radical (unpaired) electrons. The summed E-state index contributed by atoms with van der Waals surface area (Å²) in [6.07, 6.45) is -1.40. The molecule has 2 unspecified atom stereocenters. The van der Waals surface area contributed by atoms with Gasteiger partial charge in [0.05, 0.1) is 13.2 Å². The molecule has 0 heterocycles. The van der Waals surface area contributed by atoms with Gasteiger partial charge in [0, 0.05) is 30.8 Å². The number of hydrogen-bond donors (Lipinski definition) is 2. The molecule has 0 saturated carbocycles. The van der Waals surface area contributed by atoms with Crippen LogP contribution < -0.4 is 9.47 Å². The van der Waals surface area contributed by atoms with E-state index in [4.69, 9.17) is 18.9 Å². The molecule has 29 heavy (non-hydrogen) atoms. The van der Waals surface area contributed by atoms with Crippen LogP contribution in [-0.4, -0.2) is 63.1 Å². The van der Waals surface area contributed by atoms with Gasteiger partial charge < -0.3 is 29.2 Å².